The van der Waals surface area contributed by atoms with E-state index in [2.05, 4.69) is 0 Å². The van der Waals surface area contributed by atoms with Crippen LogP contribution in [0.3, 0.4) is 0 Å². The Kier molecular flexibility index (Phi) is 2.58. The van der Waals surface area contributed by atoms with Gasteiger partial charge in [-0.05, 0) is 46.2 Å². The summed E-state index contributed by atoms with van der Waals surface area (Å²) in [6.45, 7) is 3.18. The summed E-state index contributed by atoms with van der Waals surface area (Å²) in [5, 5.41) is 6.27. The molecule has 0 aliphatic rings. The van der Waals surface area contributed by atoms with Crippen molar-refractivity contribution in [3.63, 3.8) is 0 Å². The molecule has 0 fully saturated rings. The van der Waals surface area contributed by atoms with Crippen molar-refractivity contribution in [3.8, 4) is 0 Å². The summed E-state index contributed by atoms with van der Waals surface area (Å²) in [7, 11) is 0. The van der Waals surface area contributed by atoms with Crippen molar-refractivity contribution < 1.29 is 9.59 Å². The fourth-order valence-electron chi connectivity index (χ4n) is 3.42. The number of hydrogen-bond acceptors (Lipinski definition) is 2. The molecule has 0 heterocycles. The van der Waals surface area contributed by atoms with Crippen molar-refractivity contribution in [2.24, 2.45) is 0 Å². The van der Waals surface area contributed by atoms with E-state index < -0.39 is 0 Å². The lowest BCUT2D eigenvalue weighted by molar-refractivity contribution is 0.101. The van der Waals surface area contributed by atoms with Gasteiger partial charge in [-0.1, -0.05) is 48.5 Å². The summed E-state index contributed by atoms with van der Waals surface area (Å²) in [6, 6.07) is 15.8. The highest BCUT2D eigenvalue weighted by molar-refractivity contribution is 6.28. The monoisotopic (exact) mass is 286 g/mol. The van der Waals surface area contributed by atoms with Crippen LogP contribution in [0, 0.1) is 0 Å². The maximum absolute atomic E-state index is 11.9. The van der Waals surface area contributed by atoms with Crippen LogP contribution < -0.4 is 0 Å². The zero-order valence-electron chi connectivity index (χ0n) is 12.4. The first-order chi connectivity index (χ1) is 10.6. The molecule has 0 aliphatic carbocycles. The fraction of sp³-hybridized carbons (Fsp3) is 0.100. The van der Waals surface area contributed by atoms with Crippen LogP contribution in [0.4, 0.5) is 0 Å². The minimum Gasteiger partial charge on any atom is -0.294 e. The third-order valence-corrected chi connectivity index (χ3v) is 4.42. The Hall–Kier alpha value is -2.74. The smallest absolute Gasteiger partial charge is 0.160 e. The van der Waals surface area contributed by atoms with E-state index in [9.17, 15) is 9.59 Å². The number of rotatable bonds is 2. The second-order valence-electron chi connectivity index (χ2n) is 5.76. The van der Waals surface area contributed by atoms with Gasteiger partial charge in [-0.2, -0.15) is 0 Å². The molecule has 106 valence electrons. The normalized spacial score (nSPS) is 11.5. The van der Waals surface area contributed by atoms with E-state index in [1.54, 1.807) is 13.8 Å². The standard InChI is InChI=1S/C20H14O2/c1-11(21)15-7-3-13-6-10-18-16(12(2)22)8-4-14-5-9-17(15)19(13)20(14)18/h3-10H,1-2H3. The van der Waals surface area contributed by atoms with Crippen LogP contribution in [-0.2, 0) is 0 Å². The molecular weight excluding hydrogens is 272 g/mol. The van der Waals surface area contributed by atoms with E-state index in [4.69, 9.17) is 0 Å². The number of benzene rings is 4. The molecule has 0 amide bonds. The van der Waals surface area contributed by atoms with E-state index in [1.165, 1.54) is 0 Å². The van der Waals surface area contributed by atoms with Gasteiger partial charge in [0.05, 0.1) is 0 Å². The van der Waals surface area contributed by atoms with E-state index in [-0.39, 0.29) is 11.6 Å². The summed E-state index contributed by atoms with van der Waals surface area (Å²) in [6.07, 6.45) is 0. The van der Waals surface area contributed by atoms with Crippen LogP contribution in [0.5, 0.6) is 0 Å². The van der Waals surface area contributed by atoms with Crippen molar-refractivity contribution in [1.29, 1.82) is 0 Å². The number of carbonyl (C=O) groups excluding carboxylic acids is 2. The number of hydrogen-bond donors (Lipinski definition) is 0. The molecule has 0 spiro atoms. The van der Waals surface area contributed by atoms with Gasteiger partial charge in [0.15, 0.2) is 11.6 Å². The molecule has 0 bridgehead atoms. The van der Waals surface area contributed by atoms with E-state index in [0.717, 1.165) is 43.4 Å². The van der Waals surface area contributed by atoms with E-state index in [1.807, 2.05) is 48.5 Å². The molecule has 0 aliphatic heterocycles. The fourth-order valence-corrected chi connectivity index (χ4v) is 3.42. The molecule has 4 aromatic rings. The number of carbonyl (C=O) groups is 2. The predicted molar refractivity (Wildman–Crippen MR) is 90.2 cm³/mol. The summed E-state index contributed by atoms with van der Waals surface area (Å²) in [5.74, 6) is 0.120. The van der Waals surface area contributed by atoms with Gasteiger partial charge in [0, 0.05) is 11.1 Å². The third-order valence-electron chi connectivity index (χ3n) is 4.42. The van der Waals surface area contributed by atoms with E-state index in [0.29, 0.717) is 0 Å². The van der Waals surface area contributed by atoms with Gasteiger partial charge >= 0.3 is 0 Å². The lowest BCUT2D eigenvalue weighted by Crippen LogP contribution is -1.97. The van der Waals surface area contributed by atoms with Gasteiger partial charge in [0.2, 0.25) is 0 Å². The minimum absolute atomic E-state index is 0.0599. The molecule has 4 aromatic carbocycles. The highest BCUT2D eigenvalue weighted by Gasteiger charge is 2.15. The lowest BCUT2D eigenvalue weighted by Gasteiger charge is -2.14. The Morgan fingerprint density at radius 1 is 0.591 bits per heavy atom. The molecule has 22 heavy (non-hydrogen) atoms. The number of Topliss-reactive ketones (excluding diaryl/α,β-unsaturated/α-hetero) is 2. The van der Waals surface area contributed by atoms with E-state index >= 15 is 0 Å². The van der Waals surface area contributed by atoms with Crippen LogP contribution >= 0.6 is 0 Å². The average Bonchev–Trinajstić information content (AvgIpc) is 2.51. The zero-order chi connectivity index (χ0) is 15.4. The van der Waals surface area contributed by atoms with Crippen LogP contribution in [-0.4, -0.2) is 11.6 Å². The van der Waals surface area contributed by atoms with Gasteiger partial charge < -0.3 is 0 Å². The van der Waals surface area contributed by atoms with Crippen molar-refractivity contribution in [2.45, 2.75) is 13.8 Å². The SMILES string of the molecule is CC(=O)c1ccc2ccc3c(C(C)=O)ccc4ccc1c2c43. The first-order valence-corrected chi connectivity index (χ1v) is 7.30. The van der Waals surface area contributed by atoms with Crippen molar-refractivity contribution in [1.82, 2.24) is 0 Å². The summed E-state index contributed by atoms with van der Waals surface area (Å²) in [5.41, 5.74) is 1.46. The molecule has 0 radical (unpaired) electrons. The molecule has 2 heteroatoms. The summed E-state index contributed by atoms with van der Waals surface area (Å²) < 4.78 is 0. The molecule has 0 aromatic heterocycles. The molecule has 0 atom stereocenters. The highest BCUT2D eigenvalue weighted by Crippen LogP contribution is 2.37. The highest BCUT2D eigenvalue weighted by atomic mass is 16.1. The van der Waals surface area contributed by atoms with Crippen molar-refractivity contribution in [3.05, 3.63) is 59.7 Å². The van der Waals surface area contributed by atoms with Gasteiger partial charge in [-0.25, -0.2) is 0 Å². The van der Waals surface area contributed by atoms with Crippen molar-refractivity contribution in [2.75, 3.05) is 0 Å². The van der Waals surface area contributed by atoms with Crippen LogP contribution in [0.15, 0.2) is 48.5 Å². The predicted octanol–water partition coefficient (Wildman–Crippen LogP) is 4.99. The molecule has 0 saturated heterocycles. The van der Waals surface area contributed by atoms with Gasteiger partial charge in [0.25, 0.3) is 0 Å². The third kappa shape index (κ3) is 1.61. The van der Waals surface area contributed by atoms with Crippen LogP contribution in [0.2, 0.25) is 0 Å². The maximum Gasteiger partial charge on any atom is 0.160 e. The first kappa shape index (κ1) is 13.0. The minimum atomic E-state index is 0.0599. The average molecular weight is 286 g/mol. The Balaban J connectivity index is 2.33. The largest absolute Gasteiger partial charge is 0.294 e. The van der Waals surface area contributed by atoms with Crippen LogP contribution in [0.1, 0.15) is 34.6 Å². The second-order valence-corrected chi connectivity index (χ2v) is 5.76. The molecule has 2 nitrogen and oxygen atoms in total. The molecule has 4 rings (SSSR count). The van der Waals surface area contributed by atoms with Crippen molar-refractivity contribution >= 4 is 43.9 Å². The van der Waals surface area contributed by atoms with Crippen LogP contribution in [0.25, 0.3) is 32.3 Å². The quantitative estimate of drug-likeness (QED) is 0.384. The lowest BCUT2D eigenvalue weighted by atomic mass is 9.89. The summed E-state index contributed by atoms with van der Waals surface area (Å²) >= 11 is 0. The molecule has 0 unspecified atom stereocenters. The Morgan fingerprint density at radius 2 is 0.955 bits per heavy atom. The summed E-state index contributed by atoms with van der Waals surface area (Å²) in [4.78, 5) is 23.8. The molecular formula is C20H14O2. The maximum atomic E-state index is 11.9. The molecule has 0 saturated carbocycles. The first-order valence-electron chi connectivity index (χ1n) is 7.30. The Morgan fingerprint density at radius 3 is 1.32 bits per heavy atom. The zero-order valence-corrected chi connectivity index (χ0v) is 12.4. The Labute approximate surface area is 127 Å². The number of ketones is 2. The van der Waals surface area contributed by atoms with Gasteiger partial charge in [-0.3, -0.25) is 9.59 Å². The van der Waals surface area contributed by atoms with Gasteiger partial charge in [0.1, 0.15) is 0 Å². The molecule has 0 N–H and O–H groups in total. The van der Waals surface area contributed by atoms with Gasteiger partial charge in [-0.15, -0.1) is 0 Å². The Bertz CT molecular complexity index is 986. The topological polar surface area (TPSA) is 34.1 Å². The second kappa shape index (κ2) is 4.38.